The van der Waals surface area contributed by atoms with Gasteiger partial charge in [0.2, 0.25) is 0 Å². The molecule has 2 nitrogen and oxygen atoms in total. The van der Waals surface area contributed by atoms with Crippen LogP contribution >= 0.6 is 11.8 Å². The lowest BCUT2D eigenvalue weighted by molar-refractivity contribution is 0.572. The van der Waals surface area contributed by atoms with Gasteiger partial charge in [-0.1, -0.05) is 0 Å². The Balaban J connectivity index is 1.83. The van der Waals surface area contributed by atoms with Gasteiger partial charge >= 0.3 is 0 Å². The van der Waals surface area contributed by atoms with Gasteiger partial charge in [0.25, 0.3) is 0 Å². The van der Waals surface area contributed by atoms with E-state index in [9.17, 15) is 0 Å². The molecule has 2 unspecified atom stereocenters. The third-order valence-corrected chi connectivity index (χ3v) is 5.53. The molecule has 1 aromatic carbocycles. The Bertz CT molecular complexity index is 433. The zero-order valence-corrected chi connectivity index (χ0v) is 11.9. The van der Waals surface area contributed by atoms with E-state index in [2.05, 4.69) is 30.1 Å². The standard InChI is InChI=1S/C15H22N2S/c1-17(14-6-2-5-13(14)16)12-7-8-15-11(10-12)4-3-9-18-15/h7-8,10,13-14H,2-6,9,16H2,1H3. The fraction of sp³-hybridized carbons (Fsp3) is 0.600. The SMILES string of the molecule is CN(c1ccc2c(c1)CCCS2)C1CCCC1N. The van der Waals surface area contributed by atoms with Crippen LogP contribution in [0.1, 0.15) is 31.2 Å². The Morgan fingerprint density at radius 2 is 2.17 bits per heavy atom. The van der Waals surface area contributed by atoms with Gasteiger partial charge in [0.05, 0.1) is 0 Å². The summed E-state index contributed by atoms with van der Waals surface area (Å²) >= 11 is 2.00. The molecule has 0 radical (unpaired) electrons. The van der Waals surface area contributed by atoms with Crippen molar-refractivity contribution in [1.29, 1.82) is 0 Å². The van der Waals surface area contributed by atoms with E-state index in [4.69, 9.17) is 5.73 Å². The number of nitrogens with zero attached hydrogens (tertiary/aromatic N) is 1. The van der Waals surface area contributed by atoms with Crippen molar-refractivity contribution in [2.75, 3.05) is 17.7 Å². The maximum absolute atomic E-state index is 6.21. The fourth-order valence-electron chi connectivity index (χ4n) is 3.21. The summed E-state index contributed by atoms with van der Waals surface area (Å²) in [5.74, 6) is 1.27. The molecule has 1 heterocycles. The molecule has 1 aliphatic carbocycles. The quantitative estimate of drug-likeness (QED) is 0.888. The van der Waals surface area contributed by atoms with Gasteiger partial charge in [-0.15, -0.1) is 11.8 Å². The Hall–Kier alpha value is -0.670. The molecule has 0 bridgehead atoms. The second kappa shape index (κ2) is 5.14. The number of benzene rings is 1. The predicted octanol–water partition coefficient (Wildman–Crippen LogP) is 3.04. The minimum Gasteiger partial charge on any atom is -0.370 e. The molecule has 0 aromatic heterocycles. The van der Waals surface area contributed by atoms with Crippen LogP contribution in [0.5, 0.6) is 0 Å². The van der Waals surface area contributed by atoms with Crippen LogP contribution in [0.3, 0.4) is 0 Å². The molecule has 18 heavy (non-hydrogen) atoms. The highest BCUT2D eigenvalue weighted by atomic mass is 32.2. The van der Waals surface area contributed by atoms with Crippen molar-refractivity contribution in [2.24, 2.45) is 5.73 Å². The minimum absolute atomic E-state index is 0.348. The van der Waals surface area contributed by atoms with Crippen molar-refractivity contribution >= 4 is 17.4 Å². The Kier molecular flexibility index (Phi) is 3.53. The van der Waals surface area contributed by atoms with Crippen molar-refractivity contribution in [2.45, 2.75) is 49.1 Å². The molecule has 0 spiro atoms. The second-order valence-electron chi connectivity index (χ2n) is 5.52. The molecule has 3 rings (SSSR count). The average molecular weight is 262 g/mol. The predicted molar refractivity (Wildman–Crippen MR) is 79.5 cm³/mol. The lowest BCUT2D eigenvalue weighted by atomic mass is 10.1. The Labute approximate surface area is 114 Å². The summed E-state index contributed by atoms with van der Waals surface area (Å²) in [5.41, 5.74) is 9.08. The smallest absolute Gasteiger partial charge is 0.0437 e. The monoisotopic (exact) mass is 262 g/mol. The van der Waals surface area contributed by atoms with Crippen LogP contribution in [-0.2, 0) is 6.42 Å². The molecule has 2 atom stereocenters. The van der Waals surface area contributed by atoms with Crippen LogP contribution < -0.4 is 10.6 Å². The molecule has 0 saturated heterocycles. The molecule has 0 amide bonds. The molecular formula is C15H22N2S. The van der Waals surface area contributed by atoms with Gasteiger partial charge in [-0.3, -0.25) is 0 Å². The molecule has 2 N–H and O–H groups in total. The van der Waals surface area contributed by atoms with Gasteiger partial charge in [0.15, 0.2) is 0 Å². The normalized spacial score (nSPS) is 27.0. The lowest BCUT2D eigenvalue weighted by Gasteiger charge is -2.31. The molecule has 3 heteroatoms. The Morgan fingerprint density at radius 3 is 2.94 bits per heavy atom. The van der Waals surface area contributed by atoms with E-state index in [1.807, 2.05) is 11.8 Å². The van der Waals surface area contributed by atoms with E-state index in [0.717, 1.165) is 0 Å². The zero-order valence-electron chi connectivity index (χ0n) is 11.1. The van der Waals surface area contributed by atoms with E-state index < -0.39 is 0 Å². The summed E-state index contributed by atoms with van der Waals surface area (Å²) in [6.45, 7) is 0. The first-order valence-electron chi connectivity index (χ1n) is 7.00. The van der Waals surface area contributed by atoms with E-state index in [1.54, 1.807) is 0 Å². The number of fused-ring (bicyclic) bond motifs is 1. The number of anilines is 1. The van der Waals surface area contributed by atoms with Crippen LogP contribution in [0.2, 0.25) is 0 Å². The molecule has 1 aromatic rings. The van der Waals surface area contributed by atoms with Gasteiger partial charge in [0, 0.05) is 29.7 Å². The van der Waals surface area contributed by atoms with E-state index in [-0.39, 0.29) is 0 Å². The first-order chi connectivity index (χ1) is 8.75. The summed E-state index contributed by atoms with van der Waals surface area (Å²) in [6, 6.07) is 7.82. The maximum atomic E-state index is 6.21. The number of nitrogens with two attached hydrogens (primary N) is 1. The third kappa shape index (κ3) is 2.26. The van der Waals surface area contributed by atoms with E-state index in [0.29, 0.717) is 12.1 Å². The topological polar surface area (TPSA) is 29.3 Å². The second-order valence-corrected chi connectivity index (χ2v) is 6.65. The van der Waals surface area contributed by atoms with Crippen LogP contribution in [0, 0.1) is 0 Å². The lowest BCUT2D eigenvalue weighted by Crippen LogP contribution is -2.42. The van der Waals surface area contributed by atoms with Gasteiger partial charge in [-0.2, -0.15) is 0 Å². The van der Waals surface area contributed by atoms with Crippen LogP contribution in [-0.4, -0.2) is 24.9 Å². The average Bonchev–Trinajstić information content (AvgIpc) is 2.83. The largest absolute Gasteiger partial charge is 0.370 e. The Morgan fingerprint density at radius 1 is 1.28 bits per heavy atom. The number of thioether (sulfide) groups is 1. The molecule has 2 aliphatic rings. The van der Waals surface area contributed by atoms with Crippen molar-refractivity contribution in [1.82, 2.24) is 0 Å². The van der Waals surface area contributed by atoms with Gasteiger partial charge in [-0.25, -0.2) is 0 Å². The van der Waals surface area contributed by atoms with E-state index >= 15 is 0 Å². The van der Waals surface area contributed by atoms with Crippen LogP contribution in [0.4, 0.5) is 5.69 Å². The molecular weight excluding hydrogens is 240 g/mol. The summed E-state index contributed by atoms with van der Waals surface area (Å²) in [4.78, 5) is 3.88. The number of hydrogen-bond donors (Lipinski definition) is 1. The number of rotatable bonds is 2. The van der Waals surface area contributed by atoms with Crippen molar-refractivity contribution < 1.29 is 0 Å². The van der Waals surface area contributed by atoms with Crippen molar-refractivity contribution in [3.8, 4) is 0 Å². The molecule has 1 aliphatic heterocycles. The van der Waals surface area contributed by atoms with Gasteiger partial charge < -0.3 is 10.6 Å². The van der Waals surface area contributed by atoms with Gasteiger partial charge in [0.1, 0.15) is 0 Å². The third-order valence-electron chi connectivity index (χ3n) is 4.33. The fourth-order valence-corrected chi connectivity index (χ4v) is 4.23. The van der Waals surface area contributed by atoms with Gasteiger partial charge in [-0.05, 0) is 61.6 Å². The molecule has 1 fully saturated rings. The van der Waals surface area contributed by atoms with Crippen molar-refractivity contribution in [3.05, 3.63) is 23.8 Å². The highest BCUT2D eigenvalue weighted by Crippen LogP contribution is 2.34. The molecule has 98 valence electrons. The summed E-state index contributed by atoms with van der Waals surface area (Å²) in [7, 11) is 2.20. The number of aryl methyl sites for hydroxylation is 1. The van der Waals surface area contributed by atoms with Crippen LogP contribution in [0.25, 0.3) is 0 Å². The first-order valence-corrected chi connectivity index (χ1v) is 7.98. The maximum Gasteiger partial charge on any atom is 0.0437 e. The minimum atomic E-state index is 0.348. The number of likely N-dealkylation sites (N-methyl/N-ethyl adjacent to an activating group) is 1. The van der Waals surface area contributed by atoms with Crippen LogP contribution in [0.15, 0.2) is 23.1 Å². The first kappa shape index (κ1) is 12.4. The van der Waals surface area contributed by atoms with Crippen molar-refractivity contribution in [3.63, 3.8) is 0 Å². The number of hydrogen-bond acceptors (Lipinski definition) is 3. The molecule has 1 saturated carbocycles. The summed E-state index contributed by atoms with van der Waals surface area (Å²) in [5, 5.41) is 0. The van der Waals surface area contributed by atoms with E-state index in [1.165, 1.54) is 54.0 Å². The highest BCUT2D eigenvalue weighted by Gasteiger charge is 2.28. The summed E-state index contributed by atoms with van der Waals surface area (Å²) < 4.78 is 0. The highest BCUT2D eigenvalue weighted by molar-refractivity contribution is 7.99. The zero-order chi connectivity index (χ0) is 12.5. The summed E-state index contributed by atoms with van der Waals surface area (Å²) in [6.07, 6.45) is 6.24.